The van der Waals surface area contributed by atoms with Crippen LogP contribution in [0.4, 0.5) is 0 Å². The van der Waals surface area contributed by atoms with Crippen LogP contribution < -0.4 is 9.47 Å². The molecule has 0 saturated heterocycles. The number of ether oxygens (including phenoxy) is 2. The van der Waals surface area contributed by atoms with E-state index in [1.807, 2.05) is 6.92 Å². The van der Waals surface area contributed by atoms with Crippen molar-refractivity contribution in [2.75, 3.05) is 6.61 Å². The Bertz CT molecular complexity index is 1130. The second-order valence-corrected chi connectivity index (χ2v) is 11.3. The van der Waals surface area contributed by atoms with Gasteiger partial charge in [-0.2, -0.15) is 0 Å². The molecule has 2 heteroatoms. The maximum Gasteiger partial charge on any atom is 0.124 e. The number of rotatable bonds is 9. The van der Waals surface area contributed by atoms with Gasteiger partial charge in [0.15, 0.2) is 0 Å². The van der Waals surface area contributed by atoms with E-state index in [0.717, 1.165) is 11.5 Å². The van der Waals surface area contributed by atoms with Crippen LogP contribution in [-0.2, 0) is 10.8 Å². The Morgan fingerprint density at radius 2 is 1.23 bits per heavy atom. The molecule has 3 aromatic rings. The molecular weight excluding hydrogens is 428 g/mol. The van der Waals surface area contributed by atoms with E-state index in [0.29, 0.717) is 12.5 Å². The second-order valence-electron chi connectivity index (χ2n) is 11.3. The van der Waals surface area contributed by atoms with E-state index in [1.165, 1.54) is 33.4 Å². The largest absolute Gasteiger partial charge is 0.494 e. The minimum atomic E-state index is -0.252. The number of hydrogen-bond donors (Lipinski definition) is 0. The maximum absolute atomic E-state index is 6.45. The predicted molar refractivity (Wildman–Crippen MR) is 149 cm³/mol. The molecule has 0 aliphatic carbocycles. The number of aryl methyl sites for hydroxylation is 1. The molecule has 0 saturated carbocycles. The van der Waals surface area contributed by atoms with Gasteiger partial charge in [0.1, 0.15) is 11.5 Å². The topological polar surface area (TPSA) is 18.5 Å². The second kappa shape index (κ2) is 10.5. The molecule has 0 fully saturated rings. The third-order valence-electron chi connectivity index (χ3n) is 7.17. The zero-order chi connectivity index (χ0) is 26.0. The molecular formula is C33H44O2. The van der Waals surface area contributed by atoms with Gasteiger partial charge in [-0.3, -0.25) is 0 Å². The van der Waals surface area contributed by atoms with Crippen LogP contribution in [0.15, 0.2) is 60.7 Å². The summed E-state index contributed by atoms with van der Waals surface area (Å²) in [7, 11) is 0. The van der Waals surface area contributed by atoms with E-state index < -0.39 is 0 Å². The smallest absolute Gasteiger partial charge is 0.124 e. The highest BCUT2D eigenvalue weighted by atomic mass is 16.5. The molecule has 0 aromatic heterocycles. The van der Waals surface area contributed by atoms with Gasteiger partial charge in [0, 0.05) is 16.4 Å². The van der Waals surface area contributed by atoms with E-state index in [1.54, 1.807) is 0 Å². The lowest BCUT2D eigenvalue weighted by molar-refractivity contribution is 0.237. The van der Waals surface area contributed by atoms with Gasteiger partial charge < -0.3 is 9.47 Å². The molecule has 0 heterocycles. The van der Waals surface area contributed by atoms with E-state index >= 15 is 0 Å². The Labute approximate surface area is 213 Å². The first kappa shape index (κ1) is 26.9. The molecule has 0 aliphatic rings. The lowest BCUT2D eigenvalue weighted by Crippen LogP contribution is -2.24. The van der Waals surface area contributed by atoms with E-state index in [-0.39, 0.29) is 16.9 Å². The van der Waals surface area contributed by atoms with Crippen molar-refractivity contribution in [1.29, 1.82) is 0 Å². The Balaban J connectivity index is 2.11. The third-order valence-corrected chi connectivity index (χ3v) is 7.17. The van der Waals surface area contributed by atoms with Crippen LogP contribution in [0.5, 0.6) is 11.5 Å². The molecule has 0 radical (unpaired) electrons. The summed E-state index contributed by atoms with van der Waals surface area (Å²) in [5.41, 5.74) is 7.11. The molecule has 0 spiro atoms. The van der Waals surface area contributed by atoms with Crippen molar-refractivity contribution in [3.8, 4) is 11.5 Å². The van der Waals surface area contributed by atoms with E-state index in [9.17, 15) is 0 Å². The standard InChI is InChI=1S/C33H44O2/c1-11-34-30-20-27(16-18-28(30)22(2)3)33(9,10)29-19-17-26(21-31(29)35-23(4)5)32(7,8)25-14-12-24(6)13-15-25/h12-23H,11H2,1-10H3. The van der Waals surface area contributed by atoms with Crippen molar-refractivity contribution in [3.05, 3.63) is 94.0 Å². The highest BCUT2D eigenvalue weighted by Crippen LogP contribution is 2.43. The first-order valence-corrected chi connectivity index (χ1v) is 13.0. The van der Waals surface area contributed by atoms with Gasteiger partial charge in [0.2, 0.25) is 0 Å². The van der Waals surface area contributed by atoms with Gasteiger partial charge in [-0.05, 0) is 68.0 Å². The molecule has 188 valence electrons. The van der Waals surface area contributed by atoms with E-state index in [4.69, 9.17) is 9.47 Å². The minimum absolute atomic E-state index is 0.0876. The van der Waals surface area contributed by atoms with Crippen molar-refractivity contribution in [3.63, 3.8) is 0 Å². The summed E-state index contributed by atoms with van der Waals surface area (Å²) in [6.07, 6.45) is 0.0876. The van der Waals surface area contributed by atoms with Gasteiger partial charge in [0.25, 0.3) is 0 Å². The van der Waals surface area contributed by atoms with E-state index in [2.05, 4.69) is 123 Å². The van der Waals surface area contributed by atoms with Crippen molar-refractivity contribution < 1.29 is 9.47 Å². The normalized spacial score (nSPS) is 12.3. The Morgan fingerprint density at radius 1 is 0.686 bits per heavy atom. The summed E-state index contributed by atoms with van der Waals surface area (Å²) in [6, 6.07) is 22.4. The molecule has 3 aromatic carbocycles. The fourth-order valence-corrected chi connectivity index (χ4v) is 4.75. The first-order chi connectivity index (χ1) is 16.4. The van der Waals surface area contributed by atoms with Crippen molar-refractivity contribution in [2.45, 2.75) is 92.1 Å². The van der Waals surface area contributed by atoms with Crippen LogP contribution in [0.3, 0.4) is 0 Å². The van der Waals surface area contributed by atoms with Crippen LogP contribution in [-0.4, -0.2) is 12.7 Å². The quantitative estimate of drug-likeness (QED) is 0.309. The summed E-state index contributed by atoms with van der Waals surface area (Å²) < 4.78 is 12.5. The third kappa shape index (κ3) is 5.74. The van der Waals surface area contributed by atoms with Crippen molar-refractivity contribution >= 4 is 0 Å². The van der Waals surface area contributed by atoms with Crippen LogP contribution in [0, 0.1) is 6.92 Å². The summed E-state index contributed by atoms with van der Waals surface area (Å²) in [5.74, 6) is 2.35. The fourth-order valence-electron chi connectivity index (χ4n) is 4.75. The molecule has 0 aliphatic heterocycles. The zero-order valence-corrected chi connectivity index (χ0v) is 23.5. The molecule has 0 amide bonds. The molecule has 0 atom stereocenters. The monoisotopic (exact) mass is 472 g/mol. The Hall–Kier alpha value is -2.74. The SMILES string of the molecule is CCOc1cc(C(C)(C)c2ccc(C(C)(C)c3ccc(C)cc3)cc2OC(C)C)ccc1C(C)C. The highest BCUT2D eigenvalue weighted by molar-refractivity contribution is 5.53. The Morgan fingerprint density at radius 3 is 1.80 bits per heavy atom. The molecule has 0 bridgehead atoms. The van der Waals surface area contributed by atoms with Gasteiger partial charge in [-0.25, -0.2) is 0 Å². The van der Waals surface area contributed by atoms with Crippen LogP contribution in [0.2, 0.25) is 0 Å². The van der Waals surface area contributed by atoms with Gasteiger partial charge in [-0.15, -0.1) is 0 Å². The predicted octanol–water partition coefficient (Wildman–Crippen LogP) is 8.96. The first-order valence-electron chi connectivity index (χ1n) is 13.0. The summed E-state index contributed by atoms with van der Waals surface area (Å²) in [5, 5.41) is 0. The van der Waals surface area contributed by atoms with Gasteiger partial charge in [0.05, 0.1) is 12.7 Å². The van der Waals surface area contributed by atoms with Crippen LogP contribution in [0.25, 0.3) is 0 Å². The molecule has 2 nitrogen and oxygen atoms in total. The van der Waals surface area contributed by atoms with Crippen molar-refractivity contribution in [1.82, 2.24) is 0 Å². The fraction of sp³-hybridized carbons (Fsp3) is 0.455. The zero-order valence-electron chi connectivity index (χ0n) is 23.5. The molecule has 0 unspecified atom stereocenters. The average molecular weight is 473 g/mol. The molecule has 35 heavy (non-hydrogen) atoms. The molecule has 0 N–H and O–H groups in total. The summed E-state index contributed by atoms with van der Waals surface area (Å²) >= 11 is 0. The molecule has 3 rings (SSSR count). The van der Waals surface area contributed by atoms with Crippen molar-refractivity contribution in [2.24, 2.45) is 0 Å². The van der Waals surface area contributed by atoms with Gasteiger partial charge in [-0.1, -0.05) is 95.6 Å². The number of benzene rings is 3. The minimum Gasteiger partial charge on any atom is -0.494 e. The lowest BCUT2D eigenvalue weighted by Gasteiger charge is -2.32. The lowest BCUT2D eigenvalue weighted by atomic mass is 9.74. The highest BCUT2D eigenvalue weighted by Gasteiger charge is 2.31. The summed E-state index contributed by atoms with van der Waals surface area (Å²) in [4.78, 5) is 0. The average Bonchev–Trinajstić information content (AvgIpc) is 2.78. The van der Waals surface area contributed by atoms with Crippen LogP contribution >= 0.6 is 0 Å². The van der Waals surface area contributed by atoms with Gasteiger partial charge >= 0.3 is 0 Å². The Kier molecular flexibility index (Phi) is 8.04. The van der Waals surface area contributed by atoms with Crippen LogP contribution in [0.1, 0.15) is 102 Å². The number of hydrogen-bond acceptors (Lipinski definition) is 2. The maximum atomic E-state index is 6.45. The summed E-state index contributed by atoms with van der Waals surface area (Å²) in [6.45, 7) is 22.6.